The van der Waals surface area contributed by atoms with E-state index in [9.17, 15) is 4.79 Å². The Kier molecular flexibility index (Phi) is 7.98. The van der Waals surface area contributed by atoms with Crippen molar-refractivity contribution in [1.82, 2.24) is 15.1 Å². The summed E-state index contributed by atoms with van der Waals surface area (Å²) in [6.45, 7) is 17.3. The summed E-state index contributed by atoms with van der Waals surface area (Å²) in [5.41, 5.74) is 2.77. The Bertz CT molecular complexity index is 948. The van der Waals surface area contributed by atoms with Gasteiger partial charge < -0.3 is 10.1 Å². The molecule has 0 aliphatic carbocycles. The van der Waals surface area contributed by atoms with Crippen LogP contribution in [0.3, 0.4) is 0 Å². The van der Waals surface area contributed by atoms with Gasteiger partial charge in [0.15, 0.2) is 0 Å². The molecular formula is C28H39N3O2. The lowest BCUT2D eigenvalue weighted by Gasteiger charge is -2.47. The number of hydrogen-bond acceptors (Lipinski definition) is 4. The molecule has 1 aliphatic heterocycles. The summed E-state index contributed by atoms with van der Waals surface area (Å²) in [5, 5.41) is 3.04. The molecular weight excluding hydrogens is 410 g/mol. The predicted molar refractivity (Wildman–Crippen MR) is 136 cm³/mol. The molecule has 5 nitrogen and oxygen atoms in total. The molecule has 1 heterocycles. The van der Waals surface area contributed by atoms with Gasteiger partial charge in [-0.05, 0) is 70.0 Å². The van der Waals surface area contributed by atoms with Crippen LogP contribution in [0, 0.1) is 0 Å². The van der Waals surface area contributed by atoms with E-state index >= 15 is 0 Å². The molecule has 1 saturated heterocycles. The highest BCUT2D eigenvalue weighted by atomic mass is 16.5. The predicted octanol–water partition coefficient (Wildman–Crippen LogP) is 4.89. The molecule has 0 bridgehead atoms. The summed E-state index contributed by atoms with van der Waals surface area (Å²) in [6, 6.07) is 17.2. The van der Waals surface area contributed by atoms with Gasteiger partial charge in [-0.25, -0.2) is 0 Å². The van der Waals surface area contributed by atoms with E-state index in [0.717, 1.165) is 25.4 Å². The second-order valence-electron chi connectivity index (χ2n) is 10.1. The van der Waals surface area contributed by atoms with Gasteiger partial charge in [-0.15, -0.1) is 6.58 Å². The first kappa shape index (κ1) is 25.0. The van der Waals surface area contributed by atoms with E-state index in [1.807, 2.05) is 51.1 Å². The first-order valence-corrected chi connectivity index (χ1v) is 11.8. The molecule has 0 saturated carbocycles. The molecule has 1 aliphatic rings. The molecule has 3 atom stereocenters. The largest absolute Gasteiger partial charge is 0.497 e. The van der Waals surface area contributed by atoms with Gasteiger partial charge in [0.1, 0.15) is 5.75 Å². The van der Waals surface area contributed by atoms with Crippen LogP contribution in [0.2, 0.25) is 0 Å². The quantitative estimate of drug-likeness (QED) is 0.611. The number of rotatable bonds is 7. The first-order chi connectivity index (χ1) is 15.6. The molecule has 5 heteroatoms. The topological polar surface area (TPSA) is 44.8 Å². The fraction of sp³-hybridized carbons (Fsp3) is 0.464. The van der Waals surface area contributed by atoms with Crippen molar-refractivity contribution in [2.24, 2.45) is 0 Å². The van der Waals surface area contributed by atoms with E-state index in [1.165, 1.54) is 11.1 Å². The second kappa shape index (κ2) is 10.5. The number of piperazine rings is 1. The van der Waals surface area contributed by atoms with E-state index in [1.54, 1.807) is 7.11 Å². The summed E-state index contributed by atoms with van der Waals surface area (Å²) in [6.07, 6.45) is 1.99. The lowest BCUT2D eigenvalue weighted by Crippen LogP contribution is -2.57. The molecule has 178 valence electrons. The molecule has 1 amide bonds. The maximum Gasteiger partial charge on any atom is 0.251 e. The van der Waals surface area contributed by atoms with Gasteiger partial charge in [0.2, 0.25) is 0 Å². The Morgan fingerprint density at radius 1 is 1.12 bits per heavy atom. The lowest BCUT2D eigenvalue weighted by atomic mass is 9.92. The van der Waals surface area contributed by atoms with Crippen molar-refractivity contribution in [2.45, 2.75) is 58.3 Å². The molecule has 33 heavy (non-hydrogen) atoms. The summed E-state index contributed by atoms with van der Waals surface area (Å²) < 4.78 is 5.53. The minimum atomic E-state index is -0.268. The van der Waals surface area contributed by atoms with Gasteiger partial charge in [-0.3, -0.25) is 14.6 Å². The number of methoxy groups -OCH3 is 1. The van der Waals surface area contributed by atoms with Crippen LogP contribution in [0.4, 0.5) is 0 Å². The fourth-order valence-electron chi connectivity index (χ4n) is 4.62. The normalized spacial score (nSPS) is 20.8. The standard InChI is InChI=1S/C28H39N3O2/c1-8-16-30-18-21(3)31(19-20(30)2)26(24-10-9-11-25(17-24)33-7)22-12-14-23(15-13-22)27(32)29-28(4,5)6/h8-15,17,20-21,26H,1,16,18-19H2,2-7H3,(H,29,32)/t20-,21+,26+/m1/s1. The fourth-order valence-corrected chi connectivity index (χ4v) is 4.62. The lowest BCUT2D eigenvalue weighted by molar-refractivity contribution is 0.0306. The molecule has 0 spiro atoms. The van der Waals surface area contributed by atoms with Crippen LogP contribution in [0.1, 0.15) is 62.1 Å². The number of nitrogens with one attached hydrogen (secondary N) is 1. The summed E-state index contributed by atoms with van der Waals surface area (Å²) in [7, 11) is 1.70. The Morgan fingerprint density at radius 3 is 2.42 bits per heavy atom. The molecule has 2 aromatic carbocycles. The SMILES string of the molecule is C=CCN1C[C@H](C)N([C@@H](c2ccc(C(=O)NC(C)(C)C)cc2)c2cccc(OC)c2)C[C@H]1C. The van der Waals surface area contributed by atoms with Gasteiger partial charge in [0.05, 0.1) is 13.2 Å². The van der Waals surface area contributed by atoms with Crippen molar-refractivity contribution < 1.29 is 9.53 Å². The van der Waals surface area contributed by atoms with Crippen LogP contribution in [0.15, 0.2) is 61.2 Å². The van der Waals surface area contributed by atoms with E-state index in [-0.39, 0.29) is 17.5 Å². The zero-order chi connectivity index (χ0) is 24.2. The highest BCUT2D eigenvalue weighted by Gasteiger charge is 2.34. The van der Waals surface area contributed by atoms with Crippen molar-refractivity contribution in [2.75, 3.05) is 26.7 Å². The van der Waals surface area contributed by atoms with E-state index in [4.69, 9.17) is 4.74 Å². The number of benzene rings is 2. The molecule has 2 aromatic rings. The van der Waals surface area contributed by atoms with Gasteiger partial charge in [-0.2, -0.15) is 0 Å². The Balaban J connectivity index is 1.96. The number of hydrogen-bond donors (Lipinski definition) is 1. The molecule has 0 aromatic heterocycles. The monoisotopic (exact) mass is 449 g/mol. The van der Waals surface area contributed by atoms with E-state index in [0.29, 0.717) is 17.6 Å². The van der Waals surface area contributed by atoms with Crippen LogP contribution < -0.4 is 10.1 Å². The van der Waals surface area contributed by atoms with Crippen molar-refractivity contribution >= 4 is 5.91 Å². The van der Waals surface area contributed by atoms with Crippen LogP contribution >= 0.6 is 0 Å². The highest BCUT2D eigenvalue weighted by Crippen LogP contribution is 2.34. The minimum absolute atomic E-state index is 0.0491. The third-order valence-corrected chi connectivity index (χ3v) is 6.25. The maximum atomic E-state index is 12.6. The average Bonchev–Trinajstić information content (AvgIpc) is 2.77. The van der Waals surface area contributed by atoms with E-state index < -0.39 is 0 Å². The molecule has 0 radical (unpaired) electrons. The Hall–Kier alpha value is -2.63. The molecule has 1 fully saturated rings. The minimum Gasteiger partial charge on any atom is -0.497 e. The first-order valence-electron chi connectivity index (χ1n) is 11.8. The second-order valence-corrected chi connectivity index (χ2v) is 10.1. The smallest absolute Gasteiger partial charge is 0.251 e. The van der Waals surface area contributed by atoms with Crippen LogP contribution in [-0.2, 0) is 0 Å². The van der Waals surface area contributed by atoms with Gasteiger partial charge in [-0.1, -0.05) is 30.3 Å². The summed E-state index contributed by atoms with van der Waals surface area (Å²) >= 11 is 0. The van der Waals surface area contributed by atoms with Gasteiger partial charge >= 0.3 is 0 Å². The number of amides is 1. The zero-order valence-corrected chi connectivity index (χ0v) is 21.0. The van der Waals surface area contributed by atoms with Crippen LogP contribution in [0.5, 0.6) is 5.75 Å². The van der Waals surface area contributed by atoms with E-state index in [2.05, 4.69) is 59.8 Å². The zero-order valence-electron chi connectivity index (χ0n) is 21.0. The molecule has 1 N–H and O–H groups in total. The van der Waals surface area contributed by atoms with Crippen LogP contribution in [-0.4, -0.2) is 60.1 Å². The van der Waals surface area contributed by atoms with Crippen molar-refractivity contribution in [3.8, 4) is 5.75 Å². The van der Waals surface area contributed by atoms with Crippen molar-refractivity contribution in [3.05, 3.63) is 77.9 Å². The van der Waals surface area contributed by atoms with Gasteiger partial charge in [0, 0.05) is 42.8 Å². The number of carbonyl (C=O) groups is 1. The Labute approximate surface area is 199 Å². The van der Waals surface area contributed by atoms with Gasteiger partial charge in [0.25, 0.3) is 5.91 Å². The number of carbonyl (C=O) groups excluding carboxylic acids is 1. The average molecular weight is 450 g/mol. The Morgan fingerprint density at radius 2 is 1.82 bits per heavy atom. The van der Waals surface area contributed by atoms with Crippen LogP contribution in [0.25, 0.3) is 0 Å². The third kappa shape index (κ3) is 6.24. The third-order valence-electron chi connectivity index (χ3n) is 6.25. The molecule has 0 unspecified atom stereocenters. The van der Waals surface area contributed by atoms with Crippen molar-refractivity contribution in [1.29, 1.82) is 0 Å². The summed E-state index contributed by atoms with van der Waals surface area (Å²) in [4.78, 5) is 17.7. The summed E-state index contributed by atoms with van der Waals surface area (Å²) in [5.74, 6) is 0.802. The number of nitrogens with zero attached hydrogens (tertiary/aromatic N) is 2. The maximum absolute atomic E-state index is 12.6. The highest BCUT2D eigenvalue weighted by molar-refractivity contribution is 5.94. The molecule has 3 rings (SSSR count). The number of ether oxygens (including phenoxy) is 1. The van der Waals surface area contributed by atoms with Crippen molar-refractivity contribution in [3.63, 3.8) is 0 Å².